The highest BCUT2D eigenvalue weighted by Gasteiger charge is 2.24. The SMILES string of the molecule is Cc1cc(C(=O)N2CCN[C@H](C)C2)nn1-c1cccc(Cl)c1.Cl. The standard InChI is InChI=1S/C16H19ClN4O.ClH/c1-11-10-20(7-6-18-11)16(22)15-8-12(2)21(19-15)14-5-3-4-13(17)9-14;/h3-5,8-9,11,18H,6-7,10H2,1-2H3;1H/t11-;/m1./s1. The molecule has 3 rings (SSSR count). The van der Waals surface area contributed by atoms with Crippen molar-refractivity contribution >= 4 is 29.9 Å². The number of aromatic nitrogens is 2. The third-order valence-electron chi connectivity index (χ3n) is 3.82. The zero-order chi connectivity index (χ0) is 15.7. The highest BCUT2D eigenvalue weighted by Crippen LogP contribution is 2.17. The summed E-state index contributed by atoms with van der Waals surface area (Å²) in [6.45, 7) is 6.26. The van der Waals surface area contributed by atoms with Crippen LogP contribution >= 0.6 is 24.0 Å². The quantitative estimate of drug-likeness (QED) is 0.901. The van der Waals surface area contributed by atoms with E-state index in [9.17, 15) is 4.79 Å². The number of nitrogens with one attached hydrogen (secondary N) is 1. The highest BCUT2D eigenvalue weighted by molar-refractivity contribution is 6.30. The largest absolute Gasteiger partial charge is 0.334 e. The molecule has 1 aliphatic rings. The van der Waals surface area contributed by atoms with Gasteiger partial charge in [0.15, 0.2) is 5.69 Å². The molecule has 0 unspecified atom stereocenters. The molecule has 1 saturated heterocycles. The summed E-state index contributed by atoms with van der Waals surface area (Å²) in [5.74, 6) is -0.0165. The van der Waals surface area contributed by atoms with Crippen molar-refractivity contribution in [1.29, 1.82) is 0 Å². The molecule has 1 aromatic heterocycles. The molecule has 1 amide bonds. The van der Waals surface area contributed by atoms with E-state index in [0.717, 1.165) is 17.9 Å². The molecule has 1 atom stereocenters. The Morgan fingerprint density at radius 3 is 2.87 bits per heavy atom. The van der Waals surface area contributed by atoms with Crippen LogP contribution in [-0.2, 0) is 0 Å². The van der Waals surface area contributed by atoms with Gasteiger partial charge in [0.2, 0.25) is 0 Å². The van der Waals surface area contributed by atoms with E-state index < -0.39 is 0 Å². The third-order valence-corrected chi connectivity index (χ3v) is 4.05. The summed E-state index contributed by atoms with van der Waals surface area (Å²) in [7, 11) is 0. The van der Waals surface area contributed by atoms with Crippen LogP contribution in [0.25, 0.3) is 5.69 Å². The Morgan fingerprint density at radius 2 is 2.17 bits per heavy atom. The first-order chi connectivity index (χ1) is 10.5. The Morgan fingerprint density at radius 1 is 1.39 bits per heavy atom. The van der Waals surface area contributed by atoms with Crippen LogP contribution in [0.5, 0.6) is 0 Å². The minimum Gasteiger partial charge on any atom is -0.334 e. The van der Waals surface area contributed by atoms with Crippen LogP contribution < -0.4 is 5.32 Å². The Bertz CT molecular complexity index is 701. The lowest BCUT2D eigenvalue weighted by Crippen LogP contribution is -2.51. The molecule has 2 heterocycles. The normalized spacial score (nSPS) is 17.7. The molecule has 0 bridgehead atoms. The van der Waals surface area contributed by atoms with Gasteiger partial charge in [-0.15, -0.1) is 12.4 Å². The van der Waals surface area contributed by atoms with Crippen molar-refractivity contribution in [3.05, 3.63) is 46.7 Å². The molecule has 2 aromatic rings. The Balaban J connectivity index is 0.00000192. The smallest absolute Gasteiger partial charge is 0.274 e. The van der Waals surface area contributed by atoms with E-state index in [1.165, 1.54) is 0 Å². The minimum absolute atomic E-state index is 0. The maximum absolute atomic E-state index is 12.6. The Hall–Kier alpha value is -1.56. The van der Waals surface area contributed by atoms with Gasteiger partial charge in [-0.3, -0.25) is 4.79 Å². The van der Waals surface area contributed by atoms with E-state index >= 15 is 0 Å². The maximum Gasteiger partial charge on any atom is 0.274 e. The van der Waals surface area contributed by atoms with Crippen LogP contribution in [0.1, 0.15) is 23.1 Å². The molecule has 0 radical (unpaired) electrons. The van der Waals surface area contributed by atoms with Gasteiger partial charge in [0.1, 0.15) is 0 Å². The number of amides is 1. The van der Waals surface area contributed by atoms with Crippen LogP contribution in [-0.4, -0.2) is 46.3 Å². The van der Waals surface area contributed by atoms with E-state index in [4.69, 9.17) is 11.6 Å². The molecule has 0 aliphatic carbocycles. The van der Waals surface area contributed by atoms with Gasteiger partial charge in [-0.25, -0.2) is 4.68 Å². The molecule has 1 N–H and O–H groups in total. The highest BCUT2D eigenvalue weighted by atomic mass is 35.5. The van der Waals surface area contributed by atoms with Crippen molar-refractivity contribution in [3.8, 4) is 5.69 Å². The first-order valence-electron chi connectivity index (χ1n) is 7.40. The minimum atomic E-state index is -0.0165. The Labute approximate surface area is 147 Å². The number of rotatable bonds is 2. The summed E-state index contributed by atoms with van der Waals surface area (Å²) in [4.78, 5) is 14.5. The second-order valence-corrected chi connectivity index (χ2v) is 6.11. The van der Waals surface area contributed by atoms with Crippen molar-refractivity contribution < 1.29 is 4.79 Å². The van der Waals surface area contributed by atoms with Gasteiger partial charge in [0, 0.05) is 36.4 Å². The van der Waals surface area contributed by atoms with Gasteiger partial charge in [-0.2, -0.15) is 5.10 Å². The molecular weight excluding hydrogens is 335 g/mol. The molecule has 23 heavy (non-hydrogen) atoms. The molecule has 1 aromatic carbocycles. The van der Waals surface area contributed by atoms with Crippen molar-refractivity contribution in [3.63, 3.8) is 0 Å². The number of carbonyl (C=O) groups excluding carboxylic acids is 1. The Kier molecular flexibility index (Phi) is 5.68. The molecule has 124 valence electrons. The summed E-state index contributed by atoms with van der Waals surface area (Å²) in [6, 6.07) is 9.59. The number of hydrogen-bond acceptors (Lipinski definition) is 3. The monoisotopic (exact) mass is 354 g/mol. The molecule has 0 spiro atoms. The van der Waals surface area contributed by atoms with Crippen LogP contribution in [0.4, 0.5) is 0 Å². The van der Waals surface area contributed by atoms with Crippen molar-refractivity contribution in [2.45, 2.75) is 19.9 Å². The predicted molar refractivity (Wildman–Crippen MR) is 93.9 cm³/mol. The second kappa shape index (κ2) is 7.34. The van der Waals surface area contributed by atoms with Crippen LogP contribution in [0.15, 0.2) is 30.3 Å². The van der Waals surface area contributed by atoms with Crippen molar-refractivity contribution in [2.24, 2.45) is 0 Å². The summed E-state index contributed by atoms with van der Waals surface area (Å²) >= 11 is 6.03. The van der Waals surface area contributed by atoms with Gasteiger partial charge >= 0.3 is 0 Å². The number of nitrogens with zero attached hydrogens (tertiary/aromatic N) is 3. The van der Waals surface area contributed by atoms with E-state index in [1.807, 2.05) is 42.2 Å². The number of aryl methyl sites for hydroxylation is 1. The van der Waals surface area contributed by atoms with Crippen LogP contribution in [0, 0.1) is 6.92 Å². The lowest BCUT2D eigenvalue weighted by atomic mass is 10.2. The van der Waals surface area contributed by atoms with E-state index in [0.29, 0.717) is 29.8 Å². The van der Waals surface area contributed by atoms with Crippen LogP contribution in [0.2, 0.25) is 5.02 Å². The van der Waals surface area contributed by atoms with Gasteiger partial charge < -0.3 is 10.2 Å². The van der Waals surface area contributed by atoms with E-state index in [-0.39, 0.29) is 18.3 Å². The number of carbonyl (C=O) groups is 1. The second-order valence-electron chi connectivity index (χ2n) is 5.67. The number of halogens is 2. The average Bonchev–Trinajstić information content (AvgIpc) is 2.88. The zero-order valence-electron chi connectivity index (χ0n) is 13.1. The fourth-order valence-corrected chi connectivity index (χ4v) is 2.91. The summed E-state index contributed by atoms with van der Waals surface area (Å²) in [5.41, 5.74) is 2.25. The van der Waals surface area contributed by atoms with Gasteiger partial charge in [-0.1, -0.05) is 17.7 Å². The summed E-state index contributed by atoms with van der Waals surface area (Å²) in [5, 5.41) is 8.45. The number of benzene rings is 1. The fraction of sp³-hybridized carbons (Fsp3) is 0.375. The molecule has 0 saturated carbocycles. The summed E-state index contributed by atoms with van der Waals surface area (Å²) < 4.78 is 1.75. The zero-order valence-corrected chi connectivity index (χ0v) is 14.7. The van der Waals surface area contributed by atoms with Crippen LogP contribution in [0.3, 0.4) is 0 Å². The van der Waals surface area contributed by atoms with Gasteiger partial charge in [-0.05, 0) is 38.1 Å². The van der Waals surface area contributed by atoms with E-state index in [1.54, 1.807) is 4.68 Å². The lowest BCUT2D eigenvalue weighted by Gasteiger charge is -2.31. The molecule has 1 aliphatic heterocycles. The number of piperazine rings is 1. The average molecular weight is 355 g/mol. The molecule has 5 nitrogen and oxygen atoms in total. The van der Waals surface area contributed by atoms with Crippen molar-refractivity contribution in [1.82, 2.24) is 20.0 Å². The van der Waals surface area contributed by atoms with E-state index in [2.05, 4.69) is 17.3 Å². The predicted octanol–water partition coefficient (Wildman–Crippen LogP) is 2.69. The first-order valence-corrected chi connectivity index (χ1v) is 7.77. The van der Waals surface area contributed by atoms with Crippen molar-refractivity contribution in [2.75, 3.05) is 19.6 Å². The lowest BCUT2D eigenvalue weighted by molar-refractivity contribution is 0.0702. The first kappa shape index (κ1) is 17.8. The summed E-state index contributed by atoms with van der Waals surface area (Å²) in [6.07, 6.45) is 0. The fourth-order valence-electron chi connectivity index (χ4n) is 2.73. The molecule has 7 heteroatoms. The molecule has 1 fully saturated rings. The van der Waals surface area contributed by atoms with Gasteiger partial charge in [0.25, 0.3) is 5.91 Å². The molecular formula is C16H20Cl2N4O. The maximum atomic E-state index is 12.6. The van der Waals surface area contributed by atoms with Gasteiger partial charge in [0.05, 0.1) is 5.69 Å². The number of hydrogen-bond donors (Lipinski definition) is 1. The topological polar surface area (TPSA) is 50.2 Å². The third kappa shape index (κ3) is 3.86.